The van der Waals surface area contributed by atoms with Crippen LogP contribution in [0, 0.1) is 6.92 Å². The number of hydrogen-bond donors (Lipinski definition) is 1. The number of fused-ring (bicyclic) bond motifs is 1. The van der Waals surface area contributed by atoms with E-state index < -0.39 is 15.4 Å². The van der Waals surface area contributed by atoms with Crippen LogP contribution in [0.1, 0.15) is 49.3 Å². The van der Waals surface area contributed by atoms with Gasteiger partial charge >= 0.3 is 0 Å². The monoisotopic (exact) mass is 416 g/mol. The Morgan fingerprint density at radius 1 is 1.34 bits per heavy atom. The van der Waals surface area contributed by atoms with Crippen molar-refractivity contribution in [1.82, 2.24) is 20.1 Å². The van der Waals surface area contributed by atoms with Gasteiger partial charge in [0.2, 0.25) is 0 Å². The summed E-state index contributed by atoms with van der Waals surface area (Å²) >= 11 is 0. The summed E-state index contributed by atoms with van der Waals surface area (Å²) in [6.07, 6.45) is 2.02. The number of hydrogen-bond acceptors (Lipinski definition) is 6. The van der Waals surface area contributed by atoms with Crippen LogP contribution in [0.5, 0.6) is 0 Å². The third-order valence-electron chi connectivity index (χ3n) is 4.90. The summed E-state index contributed by atoms with van der Waals surface area (Å²) in [6.45, 7) is 7.55. The molecule has 9 heteroatoms. The van der Waals surface area contributed by atoms with Gasteiger partial charge in [0.15, 0.2) is 21.2 Å². The molecule has 4 rings (SSSR count). The van der Waals surface area contributed by atoms with Gasteiger partial charge in [-0.2, -0.15) is 5.10 Å². The number of nitrogens with one attached hydrogen (secondary N) is 1. The van der Waals surface area contributed by atoms with E-state index in [1.165, 1.54) is 0 Å². The Morgan fingerprint density at radius 3 is 2.69 bits per heavy atom. The Morgan fingerprint density at radius 2 is 2.10 bits per heavy atom. The lowest BCUT2D eigenvalue weighted by molar-refractivity contribution is 0.0921. The summed E-state index contributed by atoms with van der Waals surface area (Å²) in [7, 11) is -3.09. The molecule has 0 saturated carbocycles. The molecule has 1 amide bonds. The molecule has 1 unspecified atom stereocenters. The van der Waals surface area contributed by atoms with Gasteiger partial charge in [-0.1, -0.05) is 0 Å². The van der Waals surface area contributed by atoms with E-state index in [4.69, 9.17) is 9.40 Å². The largest absolute Gasteiger partial charge is 0.463 e. The maximum absolute atomic E-state index is 13.1. The van der Waals surface area contributed by atoms with E-state index in [0.29, 0.717) is 40.2 Å². The summed E-state index contributed by atoms with van der Waals surface area (Å²) in [6, 6.07) is 4.93. The Bertz CT molecular complexity index is 1190. The second-order valence-corrected chi connectivity index (χ2v) is 10.8. The van der Waals surface area contributed by atoms with Crippen LogP contribution in [-0.4, -0.2) is 46.1 Å². The van der Waals surface area contributed by atoms with Crippen molar-refractivity contribution in [2.45, 2.75) is 45.7 Å². The predicted octanol–water partition coefficient (Wildman–Crippen LogP) is 2.89. The molecule has 0 spiro atoms. The van der Waals surface area contributed by atoms with Crippen LogP contribution in [-0.2, 0) is 9.84 Å². The summed E-state index contributed by atoms with van der Waals surface area (Å²) in [5.41, 5.74) is 1.67. The highest BCUT2D eigenvalue weighted by Crippen LogP contribution is 2.32. The standard InChI is InChI=1S/C20H24N4O4S/c1-12-17-14(19(25)22-20(2,3)4)10-15(16-6-5-8-28-16)21-18(17)24(23-12)13-7-9-29(26,27)11-13/h5-6,8,10,13H,7,9,11H2,1-4H3,(H,22,25). The smallest absolute Gasteiger partial charge is 0.252 e. The highest BCUT2D eigenvalue weighted by molar-refractivity contribution is 7.91. The molecule has 154 valence electrons. The van der Waals surface area contributed by atoms with Gasteiger partial charge in [0, 0.05) is 5.54 Å². The predicted molar refractivity (Wildman–Crippen MR) is 109 cm³/mol. The Balaban J connectivity index is 1.93. The van der Waals surface area contributed by atoms with Gasteiger partial charge in [0.05, 0.1) is 40.5 Å². The molecule has 1 aliphatic rings. The van der Waals surface area contributed by atoms with Crippen molar-refractivity contribution in [1.29, 1.82) is 0 Å². The minimum Gasteiger partial charge on any atom is -0.463 e. The topological polar surface area (TPSA) is 107 Å². The SMILES string of the molecule is Cc1nn(C2CCS(=O)(=O)C2)c2nc(-c3ccco3)cc(C(=O)NC(C)(C)C)c12. The minimum atomic E-state index is -3.09. The van der Waals surface area contributed by atoms with Gasteiger partial charge in [-0.05, 0) is 52.3 Å². The molecule has 0 aromatic carbocycles. The summed E-state index contributed by atoms with van der Waals surface area (Å²) < 4.78 is 31.2. The maximum Gasteiger partial charge on any atom is 0.252 e. The number of pyridine rings is 1. The lowest BCUT2D eigenvalue weighted by Gasteiger charge is -2.21. The molecule has 1 saturated heterocycles. The first-order chi connectivity index (χ1) is 13.5. The zero-order valence-corrected chi connectivity index (χ0v) is 17.7. The molecule has 1 fully saturated rings. The van der Waals surface area contributed by atoms with E-state index >= 15 is 0 Å². The van der Waals surface area contributed by atoms with Crippen LogP contribution in [0.25, 0.3) is 22.5 Å². The Labute approximate surface area is 169 Å². The van der Waals surface area contributed by atoms with E-state index in [-0.39, 0.29) is 23.5 Å². The van der Waals surface area contributed by atoms with Crippen molar-refractivity contribution in [2.75, 3.05) is 11.5 Å². The maximum atomic E-state index is 13.1. The molecule has 1 aliphatic heterocycles. The summed E-state index contributed by atoms with van der Waals surface area (Å²) in [4.78, 5) is 17.8. The van der Waals surface area contributed by atoms with E-state index in [1.54, 1.807) is 29.1 Å². The first kappa shape index (κ1) is 19.6. The highest BCUT2D eigenvalue weighted by Gasteiger charge is 2.33. The molecule has 1 N–H and O–H groups in total. The molecular formula is C20H24N4O4S. The van der Waals surface area contributed by atoms with Gasteiger partial charge in [-0.25, -0.2) is 18.1 Å². The van der Waals surface area contributed by atoms with E-state index in [2.05, 4.69) is 10.4 Å². The fourth-order valence-electron chi connectivity index (χ4n) is 3.67. The second kappa shape index (κ2) is 6.69. The fourth-order valence-corrected chi connectivity index (χ4v) is 5.37. The highest BCUT2D eigenvalue weighted by atomic mass is 32.2. The zero-order chi connectivity index (χ0) is 21.0. The van der Waals surface area contributed by atoms with Crippen LogP contribution < -0.4 is 5.32 Å². The van der Waals surface area contributed by atoms with Crippen molar-refractivity contribution >= 4 is 26.8 Å². The van der Waals surface area contributed by atoms with Crippen LogP contribution in [0.2, 0.25) is 0 Å². The quantitative estimate of drug-likeness (QED) is 0.703. The number of aryl methyl sites for hydroxylation is 1. The zero-order valence-electron chi connectivity index (χ0n) is 16.9. The summed E-state index contributed by atoms with van der Waals surface area (Å²) in [5, 5.41) is 8.20. The van der Waals surface area contributed by atoms with Crippen LogP contribution in [0.3, 0.4) is 0 Å². The first-order valence-electron chi connectivity index (χ1n) is 9.51. The molecule has 0 bridgehead atoms. The fraction of sp³-hybridized carbons (Fsp3) is 0.450. The third-order valence-corrected chi connectivity index (χ3v) is 6.65. The van der Waals surface area contributed by atoms with Gasteiger partial charge in [-0.3, -0.25) is 4.79 Å². The Kier molecular flexibility index (Phi) is 4.53. The molecule has 3 aromatic rings. The molecular weight excluding hydrogens is 392 g/mol. The number of rotatable bonds is 3. The van der Waals surface area contributed by atoms with E-state index in [1.807, 2.05) is 27.7 Å². The van der Waals surface area contributed by atoms with Gasteiger partial charge in [0.25, 0.3) is 5.91 Å². The lowest BCUT2D eigenvalue weighted by Crippen LogP contribution is -2.40. The average molecular weight is 417 g/mol. The first-order valence-corrected chi connectivity index (χ1v) is 11.3. The van der Waals surface area contributed by atoms with Crippen molar-refractivity contribution in [3.8, 4) is 11.5 Å². The number of carbonyl (C=O) groups is 1. The van der Waals surface area contributed by atoms with Crippen LogP contribution in [0.15, 0.2) is 28.9 Å². The molecule has 0 aliphatic carbocycles. The normalized spacial score (nSPS) is 19.0. The molecule has 0 radical (unpaired) electrons. The number of furan rings is 1. The number of sulfone groups is 1. The molecule has 8 nitrogen and oxygen atoms in total. The number of aromatic nitrogens is 3. The molecule has 4 heterocycles. The number of nitrogens with zero attached hydrogens (tertiary/aromatic N) is 3. The van der Waals surface area contributed by atoms with Crippen LogP contribution >= 0.6 is 0 Å². The lowest BCUT2D eigenvalue weighted by atomic mass is 10.0. The van der Waals surface area contributed by atoms with Crippen molar-refractivity contribution < 1.29 is 17.6 Å². The average Bonchev–Trinajstić information content (AvgIpc) is 3.32. The Hall–Kier alpha value is -2.68. The van der Waals surface area contributed by atoms with Crippen molar-refractivity contribution in [2.24, 2.45) is 0 Å². The van der Waals surface area contributed by atoms with Gasteiger partial charge in [0.1, 0.15) is 5.69 Å². The molecule has 1 atom stereocenters. The third kappa shape index (κ3) is 3.78. The van der Waals surface area contributed by atoms with Gasteiger partial charge < -0.3 is 9.73 Å². The number of amides is 1. The minimum absolute atomic E-state index is 0.0272. The van der Waals surface area contributed by atoms with Gasteiger partial charge in [-0.15, -0.1) is 0 Å². The molecule has 3 aromatic heterocycles. The van der Waals surface area contributed by atoms with Crippen molar-refractivity contribution in [3.63, 3.8) is 0 Å². The summed E-state index contributed by atoms with van der Waals surface area (Å²) in [5.74, 6) is 0.452. The van der Waals surface area contributed by atoms with E-state index in [9.17, 15) is 13.2 Å². The second-order valence-electron chi connectivity index (χ2n) is 8.52. The molecule has 29 heavy (non-hydrogen) atoms. The van der Waals surface area contributed by atoms with E-state index in [0.717, 1.165) is 0 Å². The van der Waals surface area contributed by atoms with Crippen LogP contribution in [0.4, 0.5) is 0 Å². The number of carbonyl (C=O) groups excluding carboxylic acids is 1. The van der Waals surface area contributed by atoms with Crippen molar-refractivity contribution in [3.05, 3.63) is 35.7 Å².